The van der Waals surface area contributed by atoms with E-state index < -0.39 is 0 Å². The van der Waals surface area contributed by atoms with Crippen molar-refractivity contribution < 1.29 is 4.79 Å². The van der Waals surface area contributed by atoms with Crippen LogP contribution >= 0.6 is 0 Å². The molecule has 1 atom stereocenters. The van der Waals surface area contributed by atoms with Gasteiger partial charge in [0, 0.05) is 14.1 Å². The number of hydrazine groups is 1. The Kier molecular flexibility index (Phi) is 4.07. The molecule has 1 rings (SSSR count). The van der Waals surface area contributed by atoms with Crippen LogP contribution in [0, 0.1) is 13.8 Å². The van der Waals surface area contributed by atoms with Crippen LogP contribution in [0.15, 0.2) is 18.2 Å². The van der Waals surface area contributed by atoms with Crippen LogP contribution in [0.5, 0.6) is 0 Å². The van der Waals surface area contributed by atoms with Crippen molar-refractivity contribution in [2.24, 2.45) is 0 Å². The molecule has 3 nitrogen and oxygen atoms in total. The van der Waals surface area contributed by atoms with Gasteiger partial charge < -0.3 is 0 Å². The van der Waals surface area contributed by atoms with Gasteiger partial charge >= 0.3 is 0 Å². The van der Waals surface area contributed by atoms with Crippen LogP contribution < -0.4 is 5.43 Å². The van der Waals surface area contributed by atoms with Crippen LogP contribution in [0.2, 0.25) is 0 Å². The van der Waals surface area contributed by atoms with E-state index in [4.69, 9.17) is 0 Å². The van der Waals surface area contributed by atoms with Gasteiger partial charge in [0.05, 0.1) is 5.92 Å². The molecule has 0 fully saturated rings. The molecule has 0 radical (unpaired) electrons. The van der Waals surface area contributed by atoms with Crippen molar-refractivity contribution in [1.82, 2.24) is 10.4 Å². The maximum Gasteiger partial charge on any atom is 0.241 e. The summed E-state index contributed by atoms with van der Waals surface area (Å²) >= 11 is 0. The Morgan fingerprint density at radius 2 is 1.94 bits per heavy atom. The van der Waals surface area contributed by atoms with Crippen molar-refractivity contribution >= 4 is 5.91 Å². The van der Waals surface area contributed by atoms with Gasteiger partial charge in [-0.1, -0.05) is 23.8 Å². The summed E-state index contributed by atoms with van der Waals surface area (Å²) in [5.74, 6) is -0.0963. The van der Waals surface area contributed by atoms with Gasteiger partial charge in [0.2, 0.25) is 5.91 Å². The third-order valence-corrected chi connectivity index (χ3v) is 2.63. The molecule has 0 bridgehead atoms. The summed E-state index contributed by atoms with van der Waals surface area (Å²) in [5.41, 5.74) is 6.22. The number of amides is 1. The molecule has 1 aromatic carbocycles. The molecule has 88 valence electrons. The first-order valence-corrected chi connectivity index (χ1v) is 5.46. The highest BCUT2D eigenvalue weighted by molar-refractivity contribution is 5.83. The van der Waals surface area contributed by atoms with Gasteiger partial charge in [-0.2, -0.15) is 0 Å². The van der Waals surface area contributed by atoms with E-state index in [0.717, 1.165) is 11.1 Å². The smallest absolute Gasteiger partial charge is 0.241 e. The Balaban J connectivity index is 2.91. The van der Waals surface area contributed by atoms with E-state index in [9.17, 15) is 4.79 Å². The number of aryl methyl sites for hydroxylation is 2. The quantitative estimate of drug-likeness (QED) is 0.790. The summed E-state index contributed by atoms with van der Waals surface area (Å²) in [6, 6.07) is 6.20. The molecular formula is C13H20N2O. The molecule has 0 aromatic heterocycles. The molecule has 0 saturated heterocycles. The van der Waals surface area contributed by atoms with Gasteiger partial charge in [-0.15, -0.1) is 0 Å². The van der Waals surface area contributed by atoms with E-state index in [1.165, 1.54) is 5.56 Å². The van der Waals surface area contributed by atoms with Crippen molar-refractivity contribution in [2.75, 3.05) is 14.1 Å². The van der Waals surface area contributed by atoms with Gasteiger partial charge in [-0.3, -0.25) is 10.2 Å². The molecule has 16 heavy (non-hydrogen) atoms. The Hall–Kier alpha value is -1.35. The van der Waals surface area contributed by atoms with Crippen LogP contribution in [0.4, 0.5) is 0 Å². The summed E-state index contributed by atoms with van der Waals surface area (Å²) in [4.78, 5) is 11.9. The van der Waals surface area contributed by atoms with Crippen molar-refractivity contribution in [3.05, 3.63) is 34.9 Å². The monoisotopic (exact) mass is 220 g/mol. The van der Waals surface area contributed by atoms with E-state index >= 15 is 0 Å². The lowest BCUT2D eigenvalue weighted by Crippen LogP contribution is -2.38. The molecule has 1 aromatic rings. The van der Waals surface area contributed by atoms with Crippen LogP contribution in [-0.4, -0.2) is 25.0 Å². The zero-order chi connectivity index (χ0) is 12.3. The number of carbonyl (C=O) groups is 1. The first-order valence-electron chi connectivity index (χ1n) is 5.46. The van der Waals surface area contributed by atoms with Crippen LogP contribution in [0.3, 0.4) is 0 Å². The molecule has 0 aliphatic heterocycles. The molecule has 0 aliphatic rings. The third-order valence-electron chi connectivity index (χ3n) is 2.63. The number of rotatable bonds is 3. The minimum absolute atomic E-state index is 0.0266. The number of nitrogens with one attached hydrogen (secondary N) is 1. The standard InChI is InChI=1S/C13H20N2O/c1-9-6-7-10(2)12(8-9)11(3)13(16)14-15(4)5/h6-8,11H,1-5H3,(H,14,16). The predicted molar refractivity (Wildman–Crippen MR) is 66.2 cm³/mol. The van der Waals surface area contributed by atoms with Crippen molar-refractivity contribution in [3.8, 4) is 0 Å². The Bertz CT molecular complexity index is 386. The average Bonchev–Trinajstić information content (AvgIpc) is 2.19. The second kappa shape index (κ2) is 5.12. The van der Waals surface area contributed by atoms with Gasteiger partial charge in [-0.25, -0.2) is 5.01 Å². The molecule has 0 heterocycles. The van der Waals surface area contributed by atoms with Crippen molar-refractivity contribution in [3.63, 3.8) is 0 Å². The highest BCUT2D eigenvalue weighted by atomic mass is 16.2. The normalized spacial score (nSPS) is 12.6. The van der Waals surface area contributed by atoms with Gasteiger partial charge in [0.15, 0.2) is 0 Å². The molecule has 3 heteroatoms. The first kappa shape index (κ1) is 12.7. The Morgan fingerprint density at radius 3 is 2.50 bits per heavy atom. The third kappa shape index (κ3) is 3.07. The minimum Gasteiger partial charge on any atom is -0.289 e. The van der Waals surface area contributed by atoms with Crippen LogP contribution in [0.1, 0.15) is 29.5 Å². The second-order valence-electron chi connectivity index (χ2n) is 4.45. The van der Waals surface area contributed by atoms with E-state index in [1.54, 1.807) is 5.01 Å². The minimum atomic E-state index is -0.123. The van der Waals surface area contributed by atoms with Crippen LogP contribution in [-0.2, 0) is 4.79 Å². The highest BCUT2D eigenvalue weighted by Crippen LogP contribution is 2.21. The van der Waals surface area contributed by atoms with Gasteiger partial charge in [-0.05, 0) is 31.9 Å². The fraction of sp³-hybridized carbons (Fsp3) is 0.462. The van der Waals surface area contributed by atoms with E-state index in [-0.39, 0.29) is 11.8 Å². The molecule has 1 N–H and O–H groups in total. The Morgan fingerprint density at radius 1 is 1.31 bits per heavy atom. The number of benzene rings is 1. The van der Waals surface area contributed by atoms with Gasteiger partial charge in [0.25, 0.3) is 0 Å². The maximum absolute atomic E-state index is 11.9. The summed E-state index contributed by atoms with van der Waals surface area (Å²) in [7, 11) is 3.63. The van der Waals surface area contributed by atoms with Crippen LogP contribution in [0.25, 0.3) is 0 Å². The largest absolute Gasteiger partial charge is 0.289 e. The molecule has 0 saturated carbocycles. The van der Waals surface area contributed by atoms with Crippen molar-refractivity contribution in [2.45, 2.75) is 26.7 Å². The second-order valence-corrected chi connectivity index (χ2v) is 4.45. The van der Waals surface area contributed by atoms with Gasteiger partial charge in [0.1, 0.15) is 0 Å². The SMILES string of the molecule is Cc1ccc(C)c(C(C)C(=O)NN(C)C)c1. The molecule has 1 unspecified atom stereocenters. The summed E-state index contributed by atoms with van der Waals surface area (Å²) in [5, 5.41) is 1.67. The first-order chi connectivity index (χ1) is 7.41. The molecular weight excluding hydrogens is 200 g/mol. The fourth-order valence-electron chi connectivity index (χ4n) is 1.68. The summed E-state index contributed by atoms with van der Waals surface area (Å²) in [6.07, 6.45) is 0. The zero-order valence-electron chi connectivity index (χ0n) is 10.7. The molecule has 0 spiro atoms. The predicted octanol–water partition coefficient (Wildman–Crippen LogP) is 2.00. The van der Waals surface area contributed by atoms with Crippen molar-refractivity contribution in [1.29, 1.82) is 0 Å². The lowest BCUT2D eigenvalue weighted by atomic mass is 9.94. The topological polar surface area (TPSA) is 32.3 Å². The lowest BCUT2D eigenvalue weighted by molar-refractivity contribution is -0.125. The Labute approximate surface area is 97.4 Å². The van der Waals surface area contributed by atoms with E-state index in [2.05, 4.69) is 23.6 Å². The number of hydrogen-bond acceptors (Lipinski definition) is 2. The fourth-order valence-corrected chi connectivity index (χ4v) is 1.68. The molecule has 1 amide bonds. The maximum atomic E-state index is 11.9. The summed E-state index contributed by atoms with van der Waals surface area (Å²) < 4.78 is 0. The molecule has 0 aliphatic carbocycles. The number of carbonyl (C=O) groups excluding carboxylic acids is 1. The highest BCUT2D eigenvalue weighted by Gasteiger charge is 2.17. The number of nitrogens with zero attached hydrogens (tertiary/aromatic N) is 1. The summed E-state index contributed by atoms with van der Waals surface area (Å²) in [6.45, 7) is 6.01. The zero-order valence-corrected chi connectivity index (χ0v) is 10.7. The van der Waals surface area contributed by atoms with E-state index in [1.807, 2.05) is 34.9 Å². The number of hydrogen-bond donors (Lipinski definition) is 1. The lowest BCUT2D eigenvalue weighted by Gasteiger charge is -2.18. The van der Waals surface area contributed by atoms with E-state index in [0.29, 0.717) is 0 Å². The average molecular weight is 220 g/mol.